The van der Waals surface area contributed by atoms with Crippen molar-refractivity contribution in [2.24, 2.45) is 0 Å². The summed E-state index contributed by atoms with van der Waals surface area (Å²) < 4.78 is 0. The molecule has 3 N–H and O–H groups in total. The average molecular weight is 330 g/mol. The van der Waals surface area contributed by atoms with E-state index in [1.807, 2.05) is 37.3 Å². The number of nitrogen functional groups attached to an aromatic ring is 1. The number of hydrogen-bond donors (Lipinski definition) is 2. The molecular formula is C18H20ClN3O. The minimum absolute atomic E-state index is 0.0554. The van der Waals surface area contributed by atoms with Gasteiger partial charge in [0.2, 0.25) is 5.91 Å². The quantitative estimate of drug-likeness (QED) is 0.845. The van der Waals surface area contributed by atoms with Crippen LogP contribution in [0.15, 0.2) is 36.4 Å². The molecule has 0 saturated heterocycles. The van der Waals surface area contributed by atoms with Gasteiger partial charge >= 0.3 is 0 Å². The molecule has 23 heavy (non-hydrogen) atoms. The number of anilines is 3. The van der Waals surface area contributed by atoms with E-state index < -0.39 is 0 Å². The van der Waals surface area contributed by atoms with E-state index in [9.17, 15) is 4.79 Å². The van der Waals surface area contributed by atoms with E-state index in [1.165, 1.54) is 0 Å². The van der Waals surface area contributed by atoms with Crippen molar-refractivity contribution in [3.63, 3.8) is 0 Å². The zero-order valence-corrected chi connectivity index (χ0v) is 13.9. The predicted octanol–water partition coefficient (Wildman–Crippen LogP) is 3.62. The molecule has 0 bridgehead atoms. The van der Waals surface area contributed by atoms with Gasteiger partial charge in [-0.1, -0.05) is 23.7 Å². The highest BCUT2D eigenvalue weighted by atomic mass is 35.5. The smallest absolute Gasteiger partial charge is 0.243 e. The normalized spacial score (nSPS) is 13.6. The van der Waals surface area contributed by atoms with Crippen LogP contribution >= 0.6 is 11.6 Å². The second-order valence-corrected chi connectivity index (χ2v) is 6.29. The van der Waals surface area contributed by atoms with E-state index in [0.717, 1.165) is 47.6 Å². The number of carbonyl (C=O) groups excluding carboxylic acids is 1. The maximum atomic E-state index is 12.3. The number of rotatable bonds is 3. The maximum Gasteiger partial charge on any atom is 0.243 e. The maximum absolute atomic E-state index is 12.3. The molecule has 1 aliphatic heterocycles. The Morgan fingerprint density at radius 2 is 2.17 bits per heavy atom. The van der Waals surface area contributed by atoms with Gasteiger partial charge in [-0.2, -0.15) is 0 Å². The minimum Gasteiger partial charge on any atom is -0.398 e. The molecule has 0 fully saturated rings. The van der Waals surface area contributed by atoms with Gasteiger partial charge in [0.15, 0.2) is 0 Å². The summed E-state index contributed by atoms with van der Waals surface area (Å²) in [5.41, 5.74) is 10.8. The molecule has 0 aliphatic carbocycles. The highest BCUT2D eigenvalue weighted by molar-refractivity contribution is 6.31. The van der Waals surface area contributed by atoms with Gasteiger partial charge in [-0.15, -0.1) is 0 Å². The Morgan fingerprint density at radius 3 is 2.96 bits per heavy atom. The van der Waals surface area contributed by atoms with Crippen molar-refractivity contribution in [3.05, 3.63) is 52.5 Å². The number of benzene rings is 2. The molecule has 0 radical (unpaired) electrons. The molecule has 0 aromatic heterocycles. The van der Waals surface area contributed by atoms with Crippen LogP contribution in [-0.2, 0) is 11.2 Å². The van der Waals surface area contributed by atoms with E-state index in [2.05, 4.69) is 10.2 Å². The van der Waals surface area contributed by atoms with Gasteiger partial charge in [-0.25, -0.2) is 0 Å². The molecule has 1 amide bonds. The summed E-state index contributed by atoms with van der Waals surface area (Å²) >= 11 is 6.10. The van der Waals surface area contributed by atoms with Crippen LogP contribution in [0.1, 0.15) is 17.5 Å². The third kappa shape index (κ3) is 3.42. The van der Waals surface area contributed by atoms with E-state index in [1.54, 1.807) is 6.07 Å². The van der Waals surface area contributed by atoms with Crippen LogP contribution in [0.3, 0.4) is 0 Å². The van der Waals surface area contributed by atoms with Gasteiger partial charge < -0.3 is 16.0 Å². The first-order chi connectivity index (χ1) is 11.0. The number of carbonyl (C=O) groups is 1. The molecule has 5 heteroatoms. The Morgan fingerprint density at radius 1 is 1.35 bits per heavy atom. The zero-order valence-electron chi connectivity index (χ0n) is 13.1. The summed E-state index contributed by atoms with van der Waals surface area (Å²) in [6.45, 7) is 3.10. The fourth-order valence-corrected chi connectivity index (χ4v) is 3.12. The van der Waals surface area contributed by atoms with Crippen LogP contribution in [0.4, 0.5) is 17.1 Å². The highest BCUT2D eigenvalue weighted by Gasteiger charge is 2.20. The lowest BCUT2D eigenvalue weighted by Crippen LogP contribution is -2.37. The van der Waals surface area contributed by atoms with E-state index in [0.29, 0.717) is 11.6 Å². The van der Waals surface area contributed by atoms with Crippen LogP contribution < -0.4 is 16.0 Å². The number of nitrogens with zero attached hydrogens (tertiary/aromatic N) is 1. The first kappa shape index (κ1) is 15.7. The second-order valence-electron chi connectivity index (χ2n) is 5.88. The number of fused-ring (bicyclic) bond motifs is 1. The highest BCUT2D eigenvalue weighted by Crippen LogP contribution is 2.31. The Bertz CT molecular complexity index is 745. The van der Waals surface area contributed by atoms with Crippen molar-refractivity contribution >= 4 is 34.6 Å². The topological polar surface area (TPSA) is 58.4 Å². The molecule has 2 aromatic rings. The minimum atomic E-state index is -0.0554. The third-order valence-corrected chi connectivity index (χ3v) is 4.58. The Kier molecular flexibility index (Phi) is 4.44. The monoisotopic (exact) mass is 329 g/mol. The Labute approximate surface area is 141 Å². The van der Waals surface area contributed by atoms with Crippen molar-refractivity contribution in [1.82, 2.24) is 0 Å². The average Bonchev–Trinajstić information content (AvgIpc) is 2.52. The standard InChI is InChI=1S/C18H20ClN3O/c1-12-7-8-13(10-15(12)19)21-18(23)11-22-9-3-4-14-16(20)5-2-6-17(14)22/h2,5-8,10H,3-4,9,11,20H2,1H3,(H,21,23). The van der Waals surface area contributed by atoms with Gasteiger partial charge in [-0.05, 0) is 55.2 Å². The number of halogens is 1. The summed E-state index contributed by atoms with van der Waals surface area (Å²) in [6, 6.07) is 11.4. The summed E-state index contributed by atoms with van der Waals surface area (Å²) in [4.78, 5) is 14.4. The number of hydrogen-bond acceptors (Lipinski definition) is 3. The van der Waals surface area contributed by atoms with Crippen LogP contribution in [0.25, 0.3) is 0 Å². The van der Waals surface area contributed by atoms with Crippen LogP contribution in [-0.4, -0.2) is 19.0 Å². The summed E-state index contributed by atoms with van der Waals surface area (Å²) in [7, 11) is 0. The van der Waals surface area contributed by atoms with Crippen molar-refractivity contribution in [2.75, 3.05) is 29.0 Å². The molecule has 0 unspecified atom stereocenters. The molecule has 120 valence electrons. The number of amides is 1. The molecule has 4 nitrogen and oxygen atoms in total. The number of aryl methyl sites for hydroxylation is 1. The first-order valence-electron chi connectivity index (χ1n) is 7.73. The van der Waals surface area contributed by atoms with Crippen molar-refractivity contribution in [3.8, 4) is 0 Å². The van der Waals surface area contributed by atoms with Gasteiger partial charge in [0.1, 0.15) is 0 Å². The van der Waals surface area contributed by atoms with Crippen LogP contribution in [0.5, 0.6) is 0 Å². The molecule has 3 rings (SSSR count). The second kappa shape index (κ2) is 6.50. The number of nitrogens with one attached hydrogen (secondary N) is 1. The predicted molar refractivity (Wildman–Crippen MR) is 96.2 cm³/mol. The van der Waals surface area contributed by atoms with Gasteiger partial charge in [-0.3, -0.25) is 4.79 Å². The fourth-order valence-electron chi connectivity index (χ4n) is 2.94. The van der Waals surface area contributed by atoms with Gasteiger partial charge in [0, 0.05) is 28.6 Å². The van der Waals surface area contributed by atoms with Gasteiger partial charge in [0.05, 0.1) is 6.54 Å². The first-order valence-corrected chi connectivity index (χ1v) is 8.10. The molecular weight excluding hydrogens is 310 g/mol. The zero-order chi connectivity index (χ0) is 16.4. The van der Waals surface area contributed by atoms with Crippen molar-refractivity contribution < 1.29 is 4.79 Å². The molecule has 0 saturated carbocycles. The molecule has 1 heterocycles. The summed E-state index contributed by atoms with van der Waals surface area (Å²) in [5, 5.41) is 3.56. The lowest BCUT2D eigenvalue weighted by atomic mass is 10.00. The molecule has 0 atom stereocenters. The largest absolute Gasteiger partial charge is 0.398 e. The molecule has 0 spiro atoms. The lowest BCUT2D eigenvalue weighted by molar-refractivity contribution is -0.115. The van der Waals surface area contributed by atoms with Gasteiger partial charge in [0.25, 0.3) is 0 Å². The van der Waals surface area contributed by atoms with Crippen LogP contribution in [0.2, 0.25) is 5.02 Å². The molecule has 2 aromatic carbocycles. The SMILES string of the molecule is Cc1ccc(NC(=O)CN2CCCc3c(N)cccc32)cc1Cl. The lowest BCUT2D eigenvalue weighted by Gasteiger charge is -2.31. The molecule has 1 aliphatic rings. The Hall–Kier alpha value is -2.20. The van der Waals surface area contributed by atoms with Crippen LogP contribution in [0, 0.1) is 6.92 Å². The van der Waals surface area contributed by atoms with E-state index in [4.69, 9.17) is 17.3 Å². The number of nitrogens with two attached hydrogens (primary N) is 1. The Balaban J connectivity index is 1.72. The fraction of sp³-hybridized carbons (Fsp3) is 0.278. The van der Waals surface area contributed by atoms with Crippen molar-refractivity contribution in [1.29, 1.82) is 0 Å². The van der Waals surface area contributed by atoms with Crippen molar-refractivity contribution in [2.45, 2.75) is 19.8 Å². The summed E-state index contributed by atoms with van der Waals surface area (Å²) in [5.74, 6) is -0.0554. The third-order valence-electron chi connectivity index (χ3n) is 4.17. The van der Waals surface area contributed by atoms with E-state index >= 15 is 0 Å². The summed E-state index contributed by atoms with van der Waals surface area (Å²) in [6.07, 6.45) is 1.97. The van der Waals surface area contributed by atoms with E-state index in [-0.39, 0.29) is 5.91 Å².